The van der Waals surface area contributed by atoms with Crippen LogP contribution in [0.25, 0.3) is 10.2 Å². The Morgan fingerprint density at radius 1 is 1.22 bits per heavy atom. The lowest BCUT2D eigenvalue weighted by Crippen LogP contribution is -2.32. The number of amides is 1. The molecule has 0 spiro atoms. The number of aryl methyl sites for hydroxylation is 1. The predicted molar refractivity (Wildman–Crippen MR) is 106 cm³/mol. The summed E-state index contributed by atoms with van der Waals surface area (Å²) < 4.78 is 5.10. The number of benzene rings is 1. The third-order valence-electron chi connectivity index (χ3n) is 3.98. The molecule has 3 rings (SSSR count). The Morgan fingerprint density at radius 3 is 2.67 bits per heavy atom. The lowest BCUT2D eigenvalue weighted by Gasteiger charge is -2.15. The molecule has 0 radical (unpaired) electrons. The zero-order valence-corrected chi connectivity index (χ0v) is 16.1. The molecule has 0 saturated heterocycles. The fourth-order valence-corrected chi connectivity index (χ4v) is 3.66. The molecule has 1 atom stereocenters. The molecule has 0 bridgehead atoms. The van der Waals surface area contributed by atoms with E-state index in [4.69, 9.17) is 4.74 Å². The van der Waals surface area contributed by atoms with E-state index in [-0.39, 0.29) is 11.9 Å². The van der Waals surface area contributed by atoms with E-state index in [1.54, 1.807) is 13.8 Å². The number of esters is 1. The van der Waals surface area contributed by atoms with Crippen LogP contribution in [0.5, 0.6) is 0 Å². The molecule has 0 saturated carbocycles. The zero-order valence-electron chi connectivity index (χ0n) is 15.3. The van der Waals surface area contributed by atoms with Gasteiger partial charge in [-0.15, -0.1) is 11.3 Å². The predicted octanol–water partition coefficient (Wildman–Crippen LogP) is 3.62. The second-order valence-electron chi connectivity index (χ2n) is 5.90. The maximum absolute atomic E-state index is 12.4. The third-order valence-corrected chi connectivity index (χ3v) is 5.16. The highest BCUT2D eigenvalue weighted by Crippen LogP contribution is 2.33. The molecule has 1 amide bonds. The number of para-hydroxylation sites is 1. The number of rotatable bonds is 6. The van der Waals surface area contributed by atoms with E-state index in [1.807, 2.05) is 37.3 Å². The van der Waals surface area contributed by atoms with Crippen molar-refractivity contribution in [1.82, 2.24) is 9.97 Å². The molecular formula is C19H20N4O3S. The van der Waals surface area contributed by atoms with Gasteiger partial charge in [-0.2, -0.15) is 0 Å². The van der Waals surface area contributed by atoms with E-state index in [0.29, 0.717) is 22.1 Å². The van der Waals surface area contributed by atoms with Crippen LogP contribution in [0.1, 0.15) is 29.1 Å². The summed E-state index contributed by atoms with van der Waals surface area (Å²) in [5, 5.41) is 6.70. The summed E-state index contributed by atoms with van der Waals surface area (Å²) in [6, 6.07) is 8.70. The largest absolute Gasteiger partial charge is 0.462 e. The van der Waals surface area contributed by atoms with Crippen molar-refractivity contribution in [3.8, 4) is 0 Å². The number of hydrogen-bond acceptors (Lipinski definition) is 7. The Kier molecular flexibility index (Phi) is 5.66. The van der Waals surface area contributed by atoms with Gasteiger partial charge in [-0.3, -0.25) is 4.79 Å². The number of anilines is 2. The summed E-state index contributed by atoms with van der Waals surface area (Å²) in [7, 11) is 0. The van der Waals surface area contributed by atoms with Crippen molar-refractivity contribution >= 4 is 44.9 Å². The van der Waals surface area contributed by atoms with E-state index < -0.39 is 6.04 Å². The van der Waals surface area contributed by atoms with Crippen LogP contribution in [0.4, 0.5) is 11.5 Å². The fourth-order valence-electron chi connectivity index (χ4n) is 2.62. The second kappa shape index (κ2) is 8.13. The fraction of sp³-hybridized carbons (Fsp3) is 0.263. The van der Waals surface area contributed by atoms with E-state index in [9.17, 15) is 9.59 Å². The van der Waals surface area contributed by atoms with Crippen molar-refractivity contribution in [3.63, 3.8) is 0 Å². The molecule has 2 aromatic heterocycles. The van der Waals surface area contributed by atoms with Gasteiger partial charge in [0.1, 0.15) is 27.9 Å². The maximum Gasteiger partial charge on any atom is 0.348 e. The number of carbonyl (C=O) groups excluding carboxylic acids is 2. The van der Waals surface area contributed by atoms with Crippen LogP contribution in [0, 0.1) is 6.92 Å². The van der Waals surface area contributed by atoms with E-state index >= 15 is 0 Å². The smallest absolute Gasteiger partial charge is 0.348 e. The molecule has 0 fully saturated rings. The number of nitrogens with one attached hydrogen (secondary N) is 2. The SMILES string of the molecule is CCOC(=O)c1sc2ncnc(NC(C)C(=O)Nc3ccccc3)c2c1C. The van der Waals surface area contributed by atoms with Gasteiger partial charge in [-0.1, -0.05) is 18.2 Å². The molecule has 0 aliphatic rings. The minimum Gasteiger partial charge on any atom is -0.462 e. The standard InChI is InChI=1S/C19H20N4O3S/c1-4-26-19(25)15-11(2)14-16(20-10-21-18(14)27-15)22-12(3)17(24)23-13-8-6-5-7-9-13/h5-10,12H,4H2,1-3H3,(H,23,24)(H,20,21,22). The van der Waals surface area contributed by atoms with Crippen molar-refractivity contribution in [3.05, 3.63) is 47.1 Å². The van der Waals surface area contributed by atoms with Gasteiger partial charge < -0.3 is 15.4 Å². The first-order chi connectivity index (χ1) is 13.0. The topological polar surface area (TPSA) is 93.2 Å². The lowest BCUT2D eigenvalue weighted by atomic mass is 10.2. The van der Waals surface area contributed by atoms with E-state index in [0.717, 1.165) is 16.6 Å². The summed E-state index contributed by atoms with van der Waals surface area (Å²) in [5.41, 5.74) is 1.47. The Balaban J connectivity index is 1.84. The van der Waals surface area contributed by atoms with Crippen molar-refractivity contribution < 1.29 is 14.3 Å². The molecule has 7 nitrogen and oxygen atoms in total. The van der Waals surface area contributed by atoms with Crippen molar-refractivity contribution in [2.24, 2.45) is 0 Å². The molecular weight excluding hydrogens is 364 g/mol. The van der Waals surface area contributed by atoms with Gasteiger partial charge in [-0.05, 0) is 38.5 Å². The summed E-state index contributed by atoms with van der Waals surface area (Å²) in [6.07, 6.45) is 1.41. The second-order valence-corrected chi connectivity index (χ2v) is 6.90. The number of carbonyl (C=O) groups is 2. The normalized spacial score (nSPS) is 11.8. The van der Waals surface area contributed by atoms with Gasteiger partial charge in [0, 0.05) is 5.69 Å². The van der Waals surface area contributed by atoms with Gasteiger partial charge in [0.25, 0.3) is 0 Å². The van der Waals surface area contributed by atoms with Crippen LogP contribution in [-0.2, 0) is 9.53 Å². The van der Waals surface area contributed by atoms with Crippen LogP contribution in [0.3, 0.4) is 0 Å². The Bertz CT molecular complexity index is 972. The number of thiophene rings is 1. The number of nitrogens with zero attached hydrogens (tertiary/aromatic N) is 2. The van der Waals surface area contributed by atoms with Crippen LogP contribution in [0.2, 0.25) is 0 Å². The maximum atomic E-state index is 12.4. The first-order valence-corrected chi connectivity index (χ1v) is 9.36. The number of ether oxygens (including phenoxy) is 1. The number of fused-ring (bicyclic) bond motifs is 1. The zero-order chi connectivity index (χ0) is 19.4. The third kappa shape index (κ3) is 4.06. The molecule has 0 aliphatic carbocycles. The van der Waals surface area contributed by atoms with E-state index in [2.05, 4.69) is 20.6 Å². The first-order valence-electron chi connectivity index (χ1n) is 8.55. The van der Waals surface area contributed by atoms with Gasteiger partial charge in [0.2, 0.25) is 5.91 Å². The van der Waals surface area contributed by atoms with Crippen LogP contribution in [0.15, 0.2) is 36.7 Å². The van der Waals surface area contributed by atoms with Crippen molar-refractivity contribution in [2.45, 2.75) is 26.8 Å². The minimum absolute atomic E-state index is 0.188. The highest BCUT2D eigenvalue weighted by atomic mass is 32.1. The van der Waals surface area contributed by atoms with Crippen LogP contribution >= 0.6 is 11.3 Å². The van der Waals surface area contributed by atoms with Gasteiger partial charge in [0.15, 0.2) is 0 Å². The summed E-state index contributed by atoms with van der Waals surface area (Å²) in [5.74, 6) is -0.0507. The monoisotopic (exact) mass is 384 g/mol. The van der Waals surface area contributed by atoms with Crippen LogP contribution < -0.4 is 10.6 Å². The van der Waals surface area contributed by atoms with Crippen LogP contribution in [-0.4, -0.2) is 34.5 Å². The lowest BCUT2D eigenvalue weighted by molar-refractivity contribution is -0.116. The summed E-state index contributed by atoms with van der Waals surface area (Å²) >= 11 is 1.26. The molecule has 27 heavy (non-hydrogen) atoms. The Hall–Kier alpha value is -3.00. The molecule has 8 heteroatoms. The number of aromatic nitrogens is 2. The highest BCUT2D eigenvalue weighted by molar-refractivity contribution is 7.20. The van der Waals surface area contributed by atoms with Crippen molar-refractivity contribution in [2.75, 3.05) is 17.2 Å². The minimum atomic E-state index is -0.534. The average molecular weight is 384 g/mol. The number of hydrogen-bond donors (Lipinski definition) is 2. The highest BCUT2D eigenvalue weighted by Gasteiger charge is 2.22. The molecule has 1 aromatic carbocycles. The molecule has 0 aliphatic heterocycles. The molecule has 3 aromatic rings. The van der Waals surface area contributed by atoms with Gasteiger partial charge in [-0.25, -0.2) is 14.8 Å². The first kappa shape index (κ1) is 18.8. The van der Waals surface area contributed by atoms with E-state index in [1.165, 1.54) is 17.7 Å². The average Bonchev–Trinajstić information content (AvgIpc) is 3.00. The summed E-state index contributed by atoms with van der Waals surface area (Å²) in [4.78, 5) is 34.3. The molecule has 140 valence electrons. The Morgan fingerprint density at radius 2 is 1.96 bits per heavy atom. The Labute approximate surface area is 160 Å². The molecule has 2 heterocycles. The molecule has 2 N–H and O–H groups in total. The summed E-state index contributed by atoms with van der Waals surface area (Å²) in [6.45, 7) is 5.65. The molecule has 1 unspecified atom stereocenters. The quantitative estimate of drug-likeness (QED) is 0.631. The van der Waals surface area contributed by atoms with Gasteiger partial charge in [0.05, 0.1) is 12.0 Å². The van der Waals surface area contributed by atoms with Crippen molar-refractivity contribution in [1.29, 1.82) is 0 Å². The van der Waals surface area contributed by atoms with Gasteiger partial charge >= 0.3 is 5.97 Å².